The molecule has 0 saturated heterocycles. The normalized spacial score (nSPS) is 23.4. The molecule has 1 aromatic rings. The van der Waals surface area contributed by atoms with Crippen LogP contribution in [0.5, 0.6) is 6.01 Å². The first-order valence-electron chi connectivity index (χ1n) is 6.42. The fourth-order valence-electron chi connectivity index (χ4n) is 2.41. The van der Waals surface area contributed by atoms with Gasteiger partial charge < -0.3 is 10.1 Å². The Kier molecular flexibility index (Phi) is 4.70. The standard InChI is InChI=1S/C12H18ClN3O3S/c1-19-12-14-7-10(13)11(16-12)15-8-4-3-5-9(6-8)20(2,17)18/h7-9H,3-6H2,1-2H3,(H,14,15,16)/t8-,9-/m0/s1. The van der Waals surface area contributed by atoms with Gasteiger partial charge in [0, 0.05) is 12.3 Å². The van der Waals surface area contributed by atoms with Crippen LogP contribution in [-0.4, -0.2) is 43.0 Å². The van der Waals surface area contributed by atoms with Gasteiger partial charge in [-0.1, -0.05) is 18.0 Å². The highest BCUT2D eigenvalue weighted by Gasteiger charge is 2.29. The van der Waals surface area contributed by atoms with Crippen LogP contribution in [0, 0.1) is 0 Å². The fourth-order valence-corrected chi connectivity index (χ4v) is 3.73. The Bertz CT molecular complexity index is 579. The maximum absolute atomic E-state index is 11.7. The molecule has 0 radical (unpaired) electrons. The first kappa shape index (κ1) is 15.3. The van der Waals surface area contributed by atoms with Gasteiger partial charge >= 0.3 is 6.01 Å². The number of nitrogens with one attached hydrogen (secondary N) is 1. The van der Waals surface area contributed by atoms with E-state index in [1.165, 1.54) is 19.6 Å². The van der Waals surface area contributed by atoms with Crippen LogP contribution in [0.4, 0.5) is 5.82 Å². The third-order valence-corrected chi connectivity index (χ3v) is 5.39. The molecule has 1 aliphatic rings. The Morgan fingerprint density at radius 3 is 2.85 bits per heavy atom. The summed E-state index contributed by atoms with van der Waals surface area (Å²) in [6.07, 6.45) is 5.82. The fraction of sp³-hybridized carbons (Fsp3) is 0.667. The van der Waals surface area contributed by atoms with Gasteiger partial charge in [-0.25, -0.2) is 13.4 Å². The molecule has 2 rings (SSSR count). The second-order valence-electron chi connectivity index (χ2n) is 5.01. The molecule has 112 valence electrons. The molecule has 1 N–H and O–H groups in total. The minimum Gasteiger partial charge on any atom is -0.467 e. The number of aromatic nitrogens is 2. The summed E-state index contributed by atoms with van der Waals surface area (Å²) in [4.78, 5) is 8.05. The number of hydrogen-bond acceptors (Lipinski definition) is 6. The highest BCUT2D eigenvalue weighted by molar-refractivity contribution is 7.91. The third-order valence-electron chi connectivity index (χ3n) is 3.48. The van der Waals surface area contributed by atoms with E-state index in [9.17, 15) is 8.42 Å². The van der Waals surface area contributed by atoms with E-state index in [1.54, 1.807) is 0 Å². The number of nitrogens with zero attached hydrogens (tertiary/aromatic N) is 2. The lowest BCUT2D eigenvalue weighted by Gasteiger charge is -2.29. The average Bonchev–Trinajstić information content (AvgIpc) is 2.41. The van der Waals surface area contributed by atoms with Crippen LogP contribution in [0.15, 0.2) is 6.20 Å². The summed E-state index contributed by atoms with van der Waals surface area (Å²) in [6, 6.07) is 0.271. The van der Waals surface area contributed by atoms with Crippen molar-refractivity contribution in [1.29, 1.82) is 0 Å². The molecule has 20 heavy (non-hydrogen) atoms. The van der Waals surface area contributed by atoms with Gasteiger partial charge in [0.2, 0.25) is 0 Å². The lowest BCUT2D eigenvalue weighted by Crippen LogP contribution is -2.34. The van der Waals surface area contributed by atoms with Crippen LogP contribution in [0.2, 0.25) is 5.02 Å². The maximum atomic E-state index is 11.7. The van der Waals surface area contributed by atoms with Crippen LogP contribution < -0.4 is 10.1 Å². The molecule has 0 aromatic carbocycles. The van der Waals surface area contributed by atoms with E-state index in [0.717, 1.165) is 19.3 Å². The van der Waals surface area contributed by atoms with E-state index in [2.05, 4.69) is 15.3 Å². The van der Waals surface area contributed by atoms with Gasteiger partial charge in [-0.15, -0.1) is 0 Å². The van der Waals surface area contributed by atoms with E-state index < -0.39 is 9.84 Å². The monoisotopic (exact) mass is 319 g/mol. The summed E-state index contributed by atoms with van der Waals surface area (Å²) >= 11 is 6.04. The van der Waals surface area contributed by atoms with Crippen LogP contribution >= 0.6 is 11.6 Å². The van der Waals surface area contributed by atoms with Crippen LogP contribution in [0.25, 0.3) is 0 Å². The quantitative estimate of drug-likeness (QED) is 0.913. The number of methoxy groups -OCH3 is 1. The Morgan fingerprint density at radius 2 is 2.20 bits per heavy atom. The Labute approximate surface area is 123 Å². The van der Waals surface area contributed by atoms with Crippen molar-refractivity contribution in [2.24, 2.45) is 0 Å². The van der Waals surface area contributed by atoms with Crippen molar-refractivity contribution in [2.75, 3.05) is 18.7 Å². The Hall–Kier alpha value is -1.08. The van der Waals surface area contributed by atoms with Gasteiger partial charge in [-0.2, -0.15) is 4.98 Å². The minimum atomic E-state index is -3.00. The molecule has 0 aliphatic heterocycles. The SMILES string of the molecule is COc1ncc(Cl)c(N[C@H]2CCC[C@H](S(C)(=O)=O)C2)n1. The van der Waals surface area contributed by atoms with Gasteiger partial charge in [0.15, 0.2) is 5.82 Å². The first-order chi connectivity index (χ1) is 9.40. The van der Waals surface area contributed by atoms with E-state index in [1.807, 2.05) is 0 Å². The van der Waals surface area contributed by atoms with Crippen LogP contribution in [0.1, 0.15) is 25.7 Å². The minimum absolute atomic E-state index is 0.0422. The molecule has 0 amide bonds. The van der Waals surface area contributed by atoms with Gasteiger partial charge in [-0.05, 0) is 19.3 Å². The highest BCUT2D eigenvalue weighted by Crippen LogP contribution is 2.28. The molecule has 1 saturated carbocycles. The zero-order chi connectivity index (χ0) is 14.8. The van der Waals surface area contributed by atoms with Gasteiger partial charge in [0.05, 0.1) is 18.6 Å². The van der Waals surface area contributed by atoms with Crippen molar-refractivity contribution < 1.29 is 13.2 Å². The summed E-state index contributed by atoms with van der Waals surface area (Å²) in [5.41, 5.74) is 0. The van der Waals surface area contributed by atoms with Gasteiger partial charge in [0.25, 0.3) is 0 Å². The van der Waals surface area contributed by atoms with E-state index >= 15 is 0 Å². The van der Waals surface area contributed by atoms with Gasteiger partial charge in [0.1, 0.15) is 14.9 Å². The van der Waals surface area contributed by atoms with Crippen LogP contribution in [0.3, 0.4) is 0 Å². The predicted molar refractivity (Wildman–Crippen MR) is 78.1 cm³/mol. The van der Waals surface area contributed by atoms with Crippen LogP contribution in [-0.2, 0) is 9.84 Å². The second-order valence-corrected chi connectivity index (χ2v) is 7.75. The van der Waals surface area contributed by atoms with Gasteiger partial charge in [-0.3, -0.25) is 0 Å². The largest absolute Gasteiger partial charge is 0.467 e. The number of hydrogen-bond donors (Lipinski definition) is 1. The van der Waals surface area contributed by atoms with E-state index in [4.69, 9.17) is 16.3 Å². The molecule has 1 heterocycles. The lowest BCUT2D eigenvalue weighted by atomic mass is 9.95. The topological polar surface area (TPSA) is 81.2 Å². The lowest BCUT2D eigenvalue weighted by molar-refractivity contribution is 0.379. The molecule has 1 fully saturated rings. The number of rotatable bonds is 4. The number of halogens is 1. The summed E-state index contributed by atoms with van der Waals surface area (Å²) < 4.78 is 28.3. The van der Waals surface area contributed by atoms with Crippen molar-refractivity contribution in [3.8, 4) is 6.01 Å². The molecular weight excluding hydrogens is 302 g/mol. The molecule has 0 unspecified atom stereocenters. The second kappa shape index (κ2) is 6.13. The Morgan fingerprint density at radius 1 is 1.45 bits per heavy atom. The Balaban J connectivity index is 2.10. The summed E-state index contributed by atoms with van der Waals surface area (Å²) in [5.74, 6) is 0.484. The van der Waals surface area contributed by atoms with E-state index in [-0.39, 0.29) is 17.3 Å². The molecular formula is C12H18ClN3O3S. The molecule has 1 aliphatic carbocycles. The first-order valence-corrected chi connectivity index (χ1v) is 8.75. The molecule has 2 atom stereocenters. The predicted octanol–water partition coefficient (Wildman–Crippen LogP) is 1.91. The summed E-state index contributed by atoms with van der Waals surface area (Å²) in [5, 5.41) is 3.30. The number of sulfone groups is 1. The molecule has 6 nitrogen and oxygen atoms in total. The molecule has 1 aromatic heterocycles. The van der Waals surface area contributed by atoms with Crippen molar-refractivity contribution in [2.45, 2.75) is 37.0 Å². The zero-order valence-electron chi connectivity index (χ0n) is 11.5. The van der Waals surface area contributed by atoms with Crippen molar-refractivity contribution in [1.82, 2.24) is 9.97 Å². The average molecular weight is 320 g/mol. The maximum Gasteiger partial charge on any atom is 0.318 e. The third kappa shape index (κ3) is 3.73. The van der Waals surface area contributed by atoms with Crippen molar-refractivity contribution in [3.05, 3.63) is 11.2 Å². The summed E-state index contributed by atoms with van der Waals surface area (Å²) in [6.45, 7) is 0. The number of anilines is 1. The number of ether oxygens (including phenoxy) is 1. The highest BCUT2D eigenvalue weighted by atomic mass is 35.5. The van der Waals surface area contributed by atoms with Crippen molar-refractivity contribution >= 4 is 27.3 Å². The zero-order valence-corrected chi connectivity index (χ0v) is 13.0. The molecule has 0 spiro atoms. The van der Waals surface area contributed by atoms with Crippen molar-refractivity contribution in [3.63, 3.8) is 0 Å². The molecule has 0 bridgehead atoms. The molecule has 8 heteroatoms. The summed E-state index contributed by atoms with van der Waals surface area (Å²) in [7, 11) is -1.52. The smallest absolute Gasteiger partial charge is 0.318 e. The van der Waals surface area contributed by atoms with E-state index in [0.29, 0.717) is 17.3 Å².